The lowest BCUT2D eigenvalue weighted by molar-refractivity contribution is -0.0157. The van der Waals surface area contributed by atoms with Gasteiger partial charge >= 0.3 is 0 Å². The minimum Gasteiger partial charge on any atom is -0.379 e. The molecule has 3 heteroatoms. The molecule has 0 radical (unpaired) electrons. The molecule has 0 saturated heterocycles. The van der Waals surface area contributed by atoms with Crippen LogP contribution in [0.15, 0.2) is 30.3 Å². The van der Waals surface area contributed by atoms with Gasteiger partial charge in [0.15, 0.2) is 0 Å². The molecule has 1 saturated carbocycles. The summed E-state index contributed by atoms with van der Waals surface area (Å²) in [7, 11) is 3.43. The van der Waals surface area contributed by atoms with Crippen molar-refractivity contribution in [2.75, 3.05) is 14.2 Å². The van der Waals surface area contributed by atoms with Crippen molar-refractivity contribution in [3.8, 4) is 0 Å². The molecule has 1 fully saturated rings. The Hall–Kier alpha value is -0.900. The molecule has 2 N–H and O–H groups in total. The Balaban J connectivity index is 2.22. The zero-order valence-corrected chi connectivity index (χ0v) is 9.85. The molecule has 2 atom stereocenters. The molecule has 0 amide bonds. The summed E-state index contributed by atoms with van der Waals surface area (Å²) in [5.41, 5.74) is 7.30. The van der Waals surface area contributed by atoms with Gasteiger partial charge in [0.25, 0.3) is 0 Å². The van der Waals surface area contributed by atoms with Gasteiger partial charge in [0, 0.05) is 19.8 Å². The van der Waals surface area contributed by atoms with Crippen LogP contribution in [0, 0.1) is 0 Å². The smallest absolute Gasteiger partial charge is 0.0854 e. The Morgan fingerprint density at radius 1 is 1.06 bits per heavy atom. The van der Waals surface area contributed by atoms with Gasteiger partial charge in [0.1, 0.15) is 0 Å². The summed E-state index contributed by atoms with van der Waals surface area (Å²) in [5.74, 6) is 0. The molecule has 0 spiro atoms. The third-order valence-corrected chi connectivity index (χ3v) is 3.50. The third-order valence-electron chi connectivity index (χ3n) is 3.50. The van der Waals surface area contributed by atoms with Gasteiger partial charge in [-0.25, -0.2) is 0 Å². The summed E-state index contributed by atoms with van der Waals surface area (Å²) in [6.45, 7) is 0. The molecular weight excluding hydrogens is 202 g/mol. The minimum absolute atomic E-state index is 0.0928. The molecule has 0 bridgehead atoms. The number of nitrogens with two attached hydrogens (primary N) is 1. The number of hydrogen-bond donors (Lipinski definition) is 1. The highest BCUT2D eigenvalue weighted by atomic mass is 16.5. The summed E-state index contributed by atoms with van der Waals surface area (Å²) >= 11 is 0. The van der Waals surface area contributed by atoms with Crippen molar-refractivity contribution in [1.29, 1.82) is 0 Å². The number of rotatable bonds is 3. The monoisotopic (exact) mass is 221 g/mol. The van der Waals surface area contributed by atoms with Crippen LogP contribution in [-0.4, -0.2) is 26.4 Å². The fraction of sp³-hybridized carbons (Fsp3) is 0.538. The van der Waals surface area contributed by atoms with E-state index < -0.39 is 0 Å². The normalized spacial score (nSPS) is 34.2. The van der Waals surface area contributed by atoms with Crippen LogP contribution >= 0.6 is 0 Å². The van der Waals surface area contributed by atoms with Gasteiger partial charge in [-0.2, -0.15) is 0 Å². The number of ether oxygens (including phenoxy) is 2. The molecule has 3 nitrogen and oxygen atoms in total. The van der Waals surface area contributed by atoms with Gasteiger partial charge in [-0.3, -0.25) is 0 Å². The van der Waals surface area contributed by atoms with Gasteiger partial charge in [-0.15, -0.1) is 0 Å². The first kappa shape index (κ1) is 11.6. The maximum absolute atomic E-state index is 6.45. The lowest BCUT2D eigenvalue weighted by atomic mass is 9.89. The summed E-state index contributed by atoms with van der Waals surface area (Å²) < 4.78 is 10.9. The highest BCUT2D eigenvalue weighted by Gasteiger charge is 2.44. The third kappa shape index (κ3) is 1.98. The fourth-order valence-corrected chi connectivity index (χ4v) is 2.54. The fourth-order valence-electron chi connectivity index (χ4n) is 2.54. The number of benzene rings is 1. The Kier molecular flexibility index (Phi) is 3.28. The van der Waals surface area contributed by atoms with Crippen molar-refractivity contribution < 1.29 is 9.47 Å². The Morgan fingerprint density at radius 2 is 1.56 bits per heavy atom. The lowest BCUT2D eigenvalue weighted by Gasteiger charge is -2.24. The molecule has 0 heterocycles. The minimum atomic E-state index is -0.317. The molecule has 1 aromatic carbocycles. The van der Waals surface area contributed by atoms with E-state index in [9.17, 15) is 0 Å². The zero-order valence-electron chi connectivity index (χ0n) is 9.85. The van der Waals surface area contributed by atoms with Crippen molar-refractivity contribution in [3.05, 3.63) is 35.9 Å². The van der Waals surface area contributed by atoms with E-state index in [4.69, 9.17) is 15.2 Å². The first-order valence-electron chi connectivity index (χ1n) is 5.59. The van der Waals surface area contributed by atoms with Crippen molar-refractivity contribution >= 4 is 0 Å². The average molecular weight is 221 g/mol. The number of hydrogen-bond acceptors (Lipinski definition) is 3. The second-order valence-electron chi connectivity index (χ2n) is 4.48. The van der Waals surface area contributed by atoms with Gasteiger partial charge in [-0.05, 0) is 18.4 Å². The molecule has 88 valence electrons. The van der Waals surface area contributed by atoms with E-state index in [1.807, 2.05) is 18.2 Å². The molecular formula is C13H19NO2. The molecule has 1 aromatic rings. The van der Waals surface area contributed by atoms with Crippen LogP contribution < -0.4 is 5.73 Å². The van der Waals surface area contributed by atoms with E-state index in [-0.39, 0.29) is 17.7 Å². The highest BCUT2D eigenvalue weighted by molar-refractivity contribution is 5.26. The van der Waals surface area contributed by atoms with Crippen LogP contribution in [0.25, 0.3) is 0 Å². The zero-order chi connectivity index (χ0) is 11.6. The second kappa shape index (κ2) is 4.53. The van der Waals surface area contributed by atoms with E-state index in [1.165, 1.54) is 0 Å². The quantitative estimate of drug-likeness (QED) is 0.844. The van der Waals surface area contributed by atoms with Crippen LogP contribution in [0.4, 0.5) is 0 Å². The first-order valence-corrected chi connectivity index (χ1v) is 5.59. The maximum Gasteiger partial charge on any atom is 0.0854 e. The molecule has 16 heavy (non-hydrogen) atoms. The average Bonchev–Trinajstić information content (AvgIpc) is 2.68. The molecule has 2 rings (SSSR count). The van der Waals surface area contributed by atoms with E-state index in [1.54, 1.807) is 14.2 Å². The first-order chi connectivity index (χ1) is 7.69. The largest absolute Gasteiger partial charge is 0.379 e. The summed E-state index contributed by atoms with van der Waals surface area (Å²) in [6, 6.07) is 10.2. The van der Waals surface area contributed by atoms with Gasteiger partial charge in [0.2, 0.25) is 0 Å². The number of methoxy groups -OCH3 is 2. The highest BCUT2D eigenvalue weighted by Crippen LogP contribution is 2.38. The SMILES string of the molecule is COC1CC(N)(c2ccccc2)CC1OC. The van der Waals surface area contributed by atoms with E-state index in [0.717, 1.165) is 18.4 Å². The van der Waals surface area contributed by atoms with Crippen LogP contribution in [0.5, 0.6) is 0 Å². The predicted molar refractivity (Wildman–Crippen MR) is 63.1 cm³/mol. The Labute approximate surface area is 96.5 Å². The van der Waals surface area contributed by atoms with Crippen molar-refractivity contribution in [3.63, 3.8) is 0 Å². The van der Waals surface area contributed by atoms with Gasteiger partial charge in [-0.1, -0.05) is 30.3 Å². The van der Waals surface area contributed by atoms with E-state index >= 15 is 0 Å². The maximum atomic E-state index is 6.45. The second-order valence-corrected chi connectivity index (χ2v) is 4.48. The van der Waals surface area contributed by atoms with Gasteiger partial charge < -0.3 is 15.2 Å². The summed E-state index contributed by atoms with van der Waals surface area (Å²) in [6.07, 6.45) is 1.81. The van der Waals surface area contributed by atoms with Crippen molar-refractivity contribution in [1.82, 2.24) is 0 Å². The lowest BCUT2D eigenvalue weighted by Crippen LogP contribution is -2.34. The van der Waals surface area contributed by atoms with Crippen LogP contribution in [0.2, 0.25) is 0 Å². The Bertz CT molecular complexity index is 327. The molecule has 0 aliphatic heterocycles. The molecule has 0 aromatic heterocycles. The predicted octanol–water partition coefficient (Wildman–Crippen LogP) is 1.66. The standard InChI is InChI=1S/C13H19NO2/c1-15-11-8-13(14,9-12(11)16-2)10-6-4-3-5-7-10/h3-7,11-12H,8-9,14H2,1-2H3. The molecule has 1 aliphatic rings. The van der Waals surface area contributed by atoms with E-state index in [0.29, 0.717) is 0 Å². The van der Waals surface area contributed by atoms with Crippen molar-refractivity contribution in [2.24, 2.45) is 5.73 Å². The summed E-state index contributed by atoms with van der Waals surface area (Å²) in [5, 5.41) is 0. The van der Waals surface area contributed by atoms with E-state index in [2.05, 4.69) is 12.1 Å². The van der Waals surface area contributed by atoms with Crippen LogP contribution in [-0.2, 0) is 15.0 Å². The van der Waals surface area contributed by atoms with Crippen LogP contribution in [0.3, 0.4) is 0 Å². The molecule has 2 unspecified atom stereocenters. The van der Waals surface area contributed by atoms with Crippen LogP contribution in [0.1, 0.15) is 18.4 Å². The topological polar surface area (TPSA) is 44.5 Å². The summed E-state index contributed by atoms with van der Waals surface area (Å²) in [4.78, 5) is 0. The Morgan fingerprint density at radius 3 is 2.00 bits per heavy atom. The van der Waals surface area contributed by atoms with Gasteiger partial charge in [0.05, 0.1) is 12.2 Å². The molecule has 1 aliphatic carbocycles. The van der Waals surface area contributed by atoms with Crippen molar-refractivity contribution in [2.45, 2.75) is 30.6 Å².